The van der Waals surface area contributed by atoms with Crippen molar-refractivity contribution in [2.75, 3.05) is 5.75 Å². The zero-order valence-corrected chi connectivity index (χ0v) is 14.3. The van der Waals surface area contributed by atoms with Gasteiger partial charge < -0.3 is 5.11 Å². The Kier molecular flexibility index (Phi) is 6.86. The van der Waals surface area contributed by atoms with Gasteiger partial charge in [-0.2, -0.15) is 5.10 Å². The lowest BCUT2D eigenvalue weighted by Crippen LogP contribution is -2.19. The molecule has 134 valence electrons. The summed E-state index contributed by atoms with van der Waals surface area (Å²) in [5.74, 6) is -0.555. The minimum Gasteiger partial charge on any atom is -0.478 e. The van der Waals surface area contributed by atoms with E-state index in [1.165, 1.54) is 42.2 Å². The van der Waals surface area contributed by atoms with Gasteiger partial charge in [0.1, 0.15) is 0 Å². The molecule has 2 aromatic rings. The van der Waals surface area contributed by atoms with Gasteiger partial charge in [0, 0.05) is 17.9 Å². The predicted molar refractivity (Wildman–Crippen MR) is 98.4 cm³/mol. The molecular formula is C17H15N3O5S. The molecule has 0 heterocycles. The van der Waals surface area contributed by atoms with Crippen molar-refractivity contribution in [1.29, 1.82) is 0 Å². The van der Waals surface area contributed by atoms with Crippen molar-refractivity contribution in [3.63, 3.8) is 0 Å². The summed E-state index contributed by atoms with van der Waals surface area (Å²) in [4.78, 5) is 32.6. The van der Waals surface area contributed by atoms with Crippen LogP contribution in [-0.4, -0.2) is 33.9 Å². The fourth-order valence-electron chi connectivity index (χ4n) is 1.90. The number of aromatic carboxylic acids is 1. The van der Waals surface area contributed by atoms with Gasteiger partial charge in [-0.15, -0.1) is 11.8 Å². The van der Waals surface area contributed by atoms with Gasteiger partial charge in [-0.05, 0) is 23.3 Å². The van der Waals surface area contributed by atoms with Crippen molar-refractivity contribution in [2.24, 2.45) is 5.10 Å². The maximum Gasteiger partial charge on any atom is 0.335 e. The maximum atomic E-state index is 11.7. The molecule has 0 saturated heterocycles. The molecule has 2 rings (SSSR count). The number of non-ortho nitro benzene ring substituents is 1. The number of carbonyl (C=O) groups excluding carboxylic acids is 1. The zero-order valence-electron chi connectivity index (χ0n) is 13.5. The van der Waals surface area contributed by atoms with Gasteiger partial charge in [0.2, 0.25) is 5.91 Å². The van der Waals surface area contributed by atoms with Gasteiger partial charge in [-0.25, -0.2) is 10.2 Å². The summed E-state index contributed by atoms with van der Waals surface area (Å²) in [6.45, 7) is 0. The number of nitrogens with one attached hydrogen (secondary N) is 1. The maximum absolute atomic E-state index is 11.7. The number of carbonyl (C=O) groups is 2. The Bertz CT molecular complexity index is 819. The van der Waals surface area contributed by atoms with E-state index in [0.29, 0.717) is 11.3 Å². The third-order valence-electron chi connectivity index (χ3n) is 3.21. The molecule has 0 spiro atoms. The first-order valence-electron chi connectivity index (χ1n) is 7.42. The molecule has 0 bridgehead atoms. The van der Waals surface area contributed by atoms with E-state index in [1.54, 1.807) is 24.3 Å². The number of rotatable bonds is 8. The van der Waals surface area contributed by atoms with Gasteiger partial charge in [0.15, 0.2) is 0 Å². The average Bonchev–Trinajstić information content (AvgIpc) is 2.62. The van der Waals surface area contributed by atoms with Gasteiger partial charge in [0.05, 0.1) is 22.5 Å². The summed E-state index contributed by atoms with van der Waals surface area (Å²) in [6, 6.07) is 12.2. The average molecular weight is 373 g/mol. The third kappa shape index (κ3) is 6.02. The highest BCUT2D eigenvalue weighted by Gasteiger charge is 2.05. The summed E-state index contributed by atoms with van der Waals surface area (Å²) in [5, 5.41) is 23.2. The second-order valence-electron chi connectivity index (χ2n) is 5.14. The van der Waals surface area contributed by atoms with Crippen LogP contribution in [0, 0.1) is 10.1 Å². The van der Waals surface area contributed by atoms with Crippen molar-refractivity contribution in [3.8, 4) is 0 Å². The highest BCUT2D eigenvalue weighted by Crippen LogP contribution is 2.16. The van der Waals surface area contributed by atoms with Gasteiger partial charge in [-0.3, -0.25) is 14.9 Å². The van der Waals surface area contributed by atoms with Crippen LogP contribution in [0.2, 0.25) is 0 Å². The first-order chi connectivity index (χ1) is 12.5. The highest BCUT2D eigenvalue weighted by atomic mass is 32.2. The highest BCUT2D eigenvalue weighted by molar-refractivity contribution is 7.99. The van der Waals surface area contributed by atoms with Gasteiger partial charge in [0.25, 0.3) is 5.69 Å². The molecule has 26 heavy (non-hydrogen) atoms. The quantitative estimate of drug-likeness (QED) is 0.417. The summed E-state index contributed by atoms with van der Waals surface area (Å²) >= 11 is 1.36. The lowest BCUT2D eigenvalue weighted by molar-refractivity contribution is -0.384. The molecule has 9 heteroatoms. The van der Waals surface area contributed by atoms with Crippen LogP contribution in [0.3, 0.4) is 0 Å². The Hall–Kier alpha value is -3.20. The van der Waals surface area contributed by atoms with E-state index >= 15 is 0 Å². The molecule has 0 aliphatic rings. The predicted octanol–water partition coefficient (Wildman–Crippen LogP) is 2.68. The van der Waals surface area contributed by atoms with E-state index in [0.717, 1.165) is 5.56 Å². The molecule has 0 atom stereocenters. The van der Waals surface area contributed by atoms with Crippen LogP contribution in [0.5, 0.6) is 0 Å². The topological polar surface area (TPSA) is 122 Å². The Morgan fingerprint density at radius 3 is 2.38 bits per heavy atom. The van der Waals surface area contributed by atoms with Crippen LogP contribution in [0.1, 0.15) is 21.5 Å². The number of nitrogens with zero attached hydrogens (tertiary/aromatic N) is 2. The zero-order chi connectivity index (χ0) is 18.9. The van der Waals surface area contributed by atoms with Gasteiger partial charge in [-0.1, -0.05) is 24.3 Å². The molecule has 2 N–H and O–H groups in total. The number of hydrazone groups is 1. The molecule has 1 amide bonds. The number of hydrogen-bond donors (Lipinski definition) is 2. The van der Waals surface area contributed by atoms with E-state index in [2.05, 4.69) is 10.5 Å². The lowest BCUT2D eigenvalue weighted by atomic mass is 10.1. The molecule has 0 aliphatic carbocycles. The minimum absolute atomic E-state index is 0.0298. The minimum atomic E-state index is -1.01. The fourth-order valence-corrected chi connectivity index (χ4v) is 2.68. The van der Waals surface area contributed by atoms with Crippen LogP contribution < -0.4 is 5.43 Å². The molecule has 0 radical (unpaired) electrons. The van der Waals surface area contributed by atoms with E-state index in [9.17, 15) is 19.7 Å². The summed E-state index contributed by atoms with van der Waals surface area (Å²) in [7, 11) is 0. The van der Waals surface area contributed by atoms with Crippen LogP contribution in [-0.2, 0) is 10.5 Å². The van der Waals surface area contributed by atoms with Crippen LogP contribution >= 0.6 is 11.8 Å². The number of nitro groups is 1. The van der Waals surface area contributed by atoms with Crippen molar-refractivity contribution in [2.45, 2.75) is 5.75 Å². The molecule has 8 nitrogen and oxygen atoms in total. The number of amides is 1. The smallest absolute Gasteiger partial charge is 0.335 e. The first kappa shape index (κ1) is 19.1. The molecule has 2 aromatic carbocycles. The molecule has 0 unspecified atom stereocenters. The first-order valence-corrected chi connectivity index (χ1v) is 8.57. The summed E-state index contributed by atoms with van der Waals surface area (Å²) in [5.41, 5.74) is 4.13. The van der Waals surface area contributed by atoms with Crippen molar-refractivity contribution >= 4 is 35.5 Å². The Morgan fingerprint density at radius 2 is 1.81 bits per heavy atom. The van der Waals surface area contributed by atoms with E-state index in [-0.39, 0.29) is 22.9 Å². The number of carboxylic acid groups (broad SMARTS) is 1. The van der Waals surface area contributed by atoms with E-state index in [1.807, 2.05) is 0 Å². The molecular weight excluding hydrogens is 358 g/mol. The molecule has 0 saturated carbocycles. The molecule has 0 aromatic heterocycles. The van der Waals surface area contributed by atoms with Crippen molar-refractivity contribution in [3.05, 3.63) is 75.3 Å². The van der Waals surface area contributed by atoms with E-state index < -0.39 is 10.9 Å². The number of carboxylic acids is 1. The van der Waals surface area contributed by atoms with Crippen LogP contribution in [0.15, 0.2) is 53.6 Å². The standard InChI is InChI=1S/C17H15N3O5S/c21-16(11-26-10-13-3-7-15(8-4-13)20(24)25)19-18-9-12-1-5-14(6-2-12)17(22)23/h1-9H,10-11H2,(H,19,21)(H,22,23)/b18-9+. The van der Waals surface area contributed by atoms with Crippen LogP contribution in [0.25, 0.3) is 0 Å². The largest absolute Gasteiger partial charge is 0.478 e. The third-order valence-corrected chi connectivity index (χ3v) is 4.21. The second kappa shape index (κ2) is 9.33. The SMILES string of the molecule is O=C(CSCc1ccc([N+](=O)[O-])cc1)N/N=C/c1ccc(C(=O)O)cc1. The van der Waals surface area contributed by atoms with E-state index in [4.69, 9.17) is 5.11 Å². The van der Waals surface area contributed by atoms with Crippen LogP contribution in [0.4, 0.5) is 5.69 Å². The van der Waals surface area contributed by atoms with Crippen molar-refractivity contribution < 1.29 is 19.6 Å². The summed E-state index contributed by atoms with van der Waals surface area (Å²) < 4.78 is 0. The number of thioether (sulfide) groups is 1. The number of hydrogen-bond acceptors (Lipinski definition) is 6. The van der Waals surface area contributed by atoms with Gasteiger partial charge >= 0.3 is 5.97 Å². The Balaban J connectivity index is 1.73. The molecule has 0 fully saturated rings. The lowest BCUT2D eigenvalue weighted by Gasteiger charge is -2.01. The Morgan fingerprint density at radius 1 is 1.15 bits per heavy atom. The number of nitro benzene ring substituents is 1. The Labute approximate surface area is 153 Å². The second-order valence-corrected chi connectivity index (χ2v) is 6.12. The summed E-state index contributed by atoms with van der Waals surface area (Å²) in [6.07, 6.45) is 1.42. The normalized spacial score (nSPS) is 10.6. The molecule has 0 aliphatic heterocycles. The fraction of sp³-hybridized carbons (Fsp3) is 0.118. The monoisotopic (exact) mass is 373 g/mol. The van der Waals surface area contributed by atoms with Crippen molar-refractivity contribution in [1.82, 2.24) is 5.43 Å². The number of benzene rings is 2.